The summed E-state index contributed by atoms with van der Waals surface area (Å²) in [4.78, 5) is 4.77. The molecule has 0 atom stereocenters. The van der Waals surface area contributed by atoms with E-state index in [0.29, 0.717) is 0 Å². The van der Waals surface area contributed by atoms with Crippen LogP contribution in [0.4, 0.5) is 11.4 Å². The molecular weight excluding hydrogens is 546 g/mol. The van der Waals surface area contributed by atoms with Crippen LogP contribution < -0.4 is 9.80 Å². The molecule has 234 valence electrons. The lowest BCUT2D eigenvalue weighted by atomic mass is 9.91. The maximum Gasteiger partial charge on any atom is 0.199 e. The topological polar surface area (TPSA) is 9.49 Å². The van der Waals surface area contributed by atoms with Gasteiger partial charge in [-0.2, -0.15) is 0 Å². The highest BCUT2D eigenvalue weighted by atomic mass is 15.1. The van der Waals surface area contributed by atoms with Gasteiger partial charge in [0, 0.05) is 49.7 Å². The van der Waals surface area contributed by atoms with Crippen LogP contribution in [0.2, 0.25) is 0 Å². The summed E-state index contributed by atoms with van der Waals surface area (Å²) in [5.74, 6) is 0. The van der Waals surface area contributed by atoms with Gasteiger partial charge in [-0.25, -0.2) is 4.58 Å². The number of allylic oxidation sites excluding steroid dienone is 15. The predicted octanol–water partition coefficient (Wildman–Crippen LogP) is 9.83. The molecule has 0 amide bonds. The van der Waals surface area contributed by atoms with E-state index >= 15 is 0 Å². The van der Waals surface area contributed by atoms with E-state index in [9.17, 15) is 0 Å². The minimum atomic E-state index is 0.875. The third-order valence-electron chi connectivity index (χ3n) is 8.84. The third-order valence-corrected chi connectivity index (χ3v) is 8.84. The molecule has 3 heteroatoms. The van der Waals surface area contributed by atoms with E-state index in [1.807, 2.05) is 0 Å². The summed E-state index contributed by atoms with van der Waals surface area (Å²) >= 11 is 0. The molecule has 2 aliphatic rings. The summed E-state index contributed by atoms with van der Waals surface area (Å²) in [5, 5.41) is 0. The Bertz CT molecular complexity index is 1540. The molecule has 0 unspecified atom stereocenters. The summed E-state index contributed by atoms with van der Waals surface area (Å²) in [7, 11) is 0. The summed E-state index contributed by atoms with van der Waals surface area (Å²) in [6.45, 7) is 23.4. The highest BCUT2D eigenvalue weighted by molar-refractivity contribution is 6.03. The molecule has 0 aliphatic heterocycles. The number of nitrogens with zero attached hydrogens (tertiary/aromatic N) is 3. The Kier molecular flexibility index (Phi) is 12.4. The zero-order chi connectivity index (χ0) is 32.2. The Hall–Kier alpha value is -4.37. The van der Waals surface area contributed by atoms with Gasteiger partial charge in [0.25, 0.3) is 0 Å². The maximum absolute atomic E-state index is 4.16. The Balaban J connectivity index is 1.78. The molecule has 0 N–H and O–H groups in total. The molecule has 2 aromatic carbocycles. The van der Waals surface area contributed by atoms with E-state index < -0.39 is 0 Å². The Morgan fingerprint density at radius 3 is 1.69 bits per heavy atom. The van der Waals surface area contributed by atoms with Gasteiger partial charge in [0.1, 0.15) is 13.1 Å². The van der Waals surface area contributed by atoms with Crippen LogP contribution in [0.1, 0.15) is 59.1 Å². The Morgan fingerprint density at radius 2 is 1.22 bits per heavy atom. The molecule has 0 heterocycles. The second-order valence-corrected chi connectivity index (χ2v) is 11.4. The van der Waals surface area contributed by atoms with Crippen LogP contribution in [0.25, 0.3) is 11.1 Å². The van der Waals surface area contributed by atoms with Crippen LogP contribution in [0.5, 0.6) is 0 Å². The van der Waals surface area contributed by atoms with Gasteiger partial charge >= 0.3 is 0 Å². The predicted molar refractivity (Wildman–Crippen MR) is 200 cm³/mol. The number of rotatable bonds is 13. The molecule has 0 bridgehead atoms. The molecule has 0 saturated heterocycles. The smallest absolute Gasteiger partial charge is 0.199 e. The molecule has 2 aromatic rings. The van der Waals surface area contributed by atoms with Crippen LogP contribution in [-0.2, 0) is 0 Å². The summed E-state index contributed by atoms with van der Waals surface area (Å²) < 4.78 is 2.39. The van der Waals surface area contributed by atoms with Crippen LogP contribution in [-0.4, -0.2) is 49.6 Å². The molecule has 0 spiro atoms. The highest BCUT2D eigenvalue weighted by Crippen LogP contribution is 2.31. The van der Waals surface area contributed by atoms with Crippen molar-refractivity contribution in [3.8, 4) is 0 Å². The van der Waals surface area contributed by atoms with Crippen molar-refractivity contribution >= 4 is 28.2 Å². The largest absolute Gasteiger partial charge is 0.372 e. The fourth-order valence-corrected chi connectivity index (χ4v) is 6.06. The van der Waals surface area contributed by atoms with Crippen molar-refractivity contribution in [2.45, 2.75) is 48.0 Å². The quantitative estimate of drug-likeness (QED) is 0.168. The first-order valence-corrected chi connectivity index (χ1v) is 16.8. The SMILES string of the molecule is C=C1C=CC(C(=CC=CC(=C2C=CC(=[N+](CC)CC)C=C2)c2ccc(N(CC)CC)cc2)c2ccc(N(CC)CC)cc2)=CC1. The van der Waals surface area contributed by atoms with Gasteiger partial charge < -0.3 is 9.80 Å². The first kappa shape index (κ1) is 33.5. The molecule has 3 nitrogen and oxygen atoms in total. The lowest BCUT2D eigenvalue weighted by Crippen LogP contribution is -2.21. The number of hydrogen-bond acceptors (Lipinski definition) is 2. The van der Waals surface area contributed by atoms with Crippen molar-refractivity contribution in [3.05, 3.63) is 144 Å². The van der Waals surface area contributed by atoms with E-state index in [0.717, 1.165) is 51.3 Å². The highest BCUT2D eigenvalue weighted by Gasteiger charge is 2.13. The van der Waals surface area contributed by atoms with Crippen LogP contribution in [0, 0.1) is 0 Å². The summed E-state index contributed by atoms with van der Waals surface area (Å²) in [5.41, 5.74) is 12.2. The van der Waals surface area contributed by atoms with E-state index in [1.165, 1.54) is 50.5 Å². The van der Waals surface area contributed by atoms with Crippen LogP contribution in [0.3, 0.4) is 0 Å². The second-order valence-electron chi connectivity index (χ2n) is 11.4. The van der Waals surface area contributed by atoms with Gasteiger partial charge in [-0.15, -0.1) is 0 Å². The monoisotopic (exact) mass is 598 g/mol. The van der Waals surface area contributed by atoms with Gasteiger partial charge in [0.2, 0.25) is 0 Å². The number of hydrogen-bond donors (Lipinski definition) is 0. The van der Waals surface area contributed by atoms with Crippen molar-refractivity contribution in [2.75, 3.05) is 49.1 Å². The van der Waals surface area contributed by atoms with E-state index in [2.05, 4.69) is 172 Å². The minimum absolute atomic E-state index is 0.875. The van der Waals surface area contributed by atoms with E-state index in [4.69, 9.17) is 0 Å². The summed E-state index contributed by atoms with van der Waals surface area (Å²) in [6.07, 6.45) is 23.3. The van der Waals surface area contributed by atoms with Crippen molar-refractivity contribution in [2.24, 2.45) is 0 Å². The molecule has 45 heavy (non-hydrogen) atoms. The number of anilines is 2. The van der Waals surface area contributed by atoms with Crippen LogP contribution in [0.15, 0.2) is 133 Å². The minimum Gasteiger partial charge on any atom is -0.372 e. The lowest BCUT2D eigenvalue weighted by Gasteiger charge is -2.21. The zero-order valence-corrected chi connectivity index (χ0v) is 28.4. The van der Waals surface area contributed by atoms with Crippen molar-refractivity contribution in [1.82, 2.24) is 0 Å². The number of benzene rings is 2. The molecule has 0 radical (unpaired) electrons. The van der Waals surface area contributed by atoms with Gasteiger partial charge in [-0.3, -0.25) is 0 Å². The van der Waals surface area contributed by atoms with Crippen LogP contribution >= 0.6 is 0 Å². The zero-order valence-electron chi connectivity index (χ0n) is 28.4. The Morgan fingerprint density at radius 1 is 0.689 bits per heavy atom. The standard InChI is InChI=1S/C42H52N3/c1-8-43(9-2)38-27-21-35(22-28-38)41(34-19-17-33(7)18-20-34)15-14-16-42(36-23-29-39(30-24-36)44(10-3)11-4)37-25-31-40(32-26-37)45(12-5)13-6/h14-17,19-32H,7-13,18H2,1-6H3/q+1. The van der Waals surface area contributed by atoms with E-state index in [1.54, 1.807) is 0 Å². The fourth-order valence-electron chi connectivity index (χ4n) is 6.06. The normalized spacial score (nSPS) is 14.8. The van der Waals surface area contributed by atoms with Crippen molar-refractivity contribution in [3.63, 3.8) is 0 Å². The lowest BCUT2D eigenvalue weighted by molar-refractivity contribution is -0.519. The second kappa shape index (κ2) is 16.6. The van der Waals surface area contributed by atoms with Crippen molar-refractivity contribution < 1.29 is 4.58 Å². The molecule has 0 aromatic heterocycles. The first-order chi connectivity index (χ1) is 22.0. The van der Waals surface area contributed by atoms with Gasteiger partial charge in [0.15, 0.2) is 5.71 Å². The van der Waals surface area contributed by atoms with E-state index in [-0.39, 0.29) is 0 Å². The fraction of sp³-hybridized carbons (Fsp3) is 0.310. The molecule has 0 fully saturated rings. The average Bonchev–Trinajstić information content (AvgIpc) is 3.08. The molecule has 2 aliphatic carbocycles. The van der Waals surface area contributed by atoms with Gasteiger partial charge in [0.05, 0.1) is 0 Å². The molecule has 4 rings (SSSR count). The third kappa shape index (κ3) is 8.42. The molecule has 0 saturated carbocycles. The Labute approximate surface area is 273 Å². The van der Waals surface area contributed by atoms with Gasteiger partial charge in [-0.05, 0) is 118 Å². The molecular formula is C42H52N3+. The summed E-state index contributed by atoms with van der Waals surface area (Å²) in [6, 6.07) is 18.0. The first-order valence-electron chi connectivity index (χ1n) is 16.8. The van der Waals surface area contributed by atoms with Crippen molar-refractivity contribution in [1.29, 1.82) is 0 Å². The average molecular weight is 599 g/mol. The van der Waals surface area contributed by atoms with Gasteiger partial charge in [-0.1, -0.05) is 72.9 Å². The maximum atomic E-state index is 4.16.